The zero-order valence-electron chi connectivity index (χ0n) is 15.4. The molecule has 26 heavy (non-hydrogen) atoms. The van der Waals surface area contributed by atoms with Crippen LogP contribution >= 0.6 is 0 Å². The summed E-state index contributed by atoms with van der Waals surface area (Å²) in [6, 6.07) is 18.1. The maximum atomic E-state index is 5.99. The van der Waals surface area contributed by atoms with E-state index < -0.39 is 0 Å². The predicted molar refractivity (Wildman–Crippen MR) is 104 cm³/mol. The van der Waals surface area contributed by atoms with Gasteiger partial charge in [-0.1, -0.05) is 30.3 Å². The lowest BCUT2D eigenvalue weighted by molar-refractivity contribution is 0.302. The number of nitrogens with one attached hydrogen (secondary N) is 1. The zero-order chi connectivity index (χ0) is 18.2. The first-order chi connectivity index (χ1) is 12.8. The van der Waals surface area contributed by atoms with Crippen LogP contribution in [0.4, 0.5) is 0 Å². The highest BCUT2D eigenvalue weighted by Gasteiger charge is 2.15. The largest absolute Gasteiger partial charge is 0.493 e. The Labute approximate surface area is 155 Å². The number of para-hydroxylation sites is 1. The third kappa shape index (κ3) is 4.67. The summed E-state index contributed by atoms with van der Waals surface area (Å²) in [6.45, 7) is 5.66. The summed E-state index contributed by atoms with van der Waals surface area (Å²) in [4.78, 5) is 8.98. The van der Waals surface area contributed by atoms with E-state index in [0.717, 1.165) is 30.1 Å². The number of benzene rings is 1. The van der Waals surface area contributed by atoms with Crippen LogP contribution in [0.15, 0.2) is 67.0 Å². The molecule has 0 atom stereocenters. The molecule has 0 spiro atoms. The molecule has 134 valence electrons. The van der Waals surface area contributed by atoms with Gasteiger partial charge in [0.1, 0.15) is 5.75 Å². The second-order valence-corrected chi connectivity index (χ2v) is 6.32. The number of aromatic nitrogens is 2. The number of hydrogen-bond donors (Lipinski definition) is 1. The molecule has 0 unspecified atom stereocenters. The number of ether oxygens (including phenoxy) is 1. The van der Waals surface area contributed by atoms with Crippen LogP contribution in [0.2, 0.25) is 0 Å². The average Bonchev–Trinajstić information content (AvgIpc) is 2.68. The molecule has 1 aromatic carbocycles. The van der Waals surface area contributed by atoms with Crippen LogP contribution in [-0.4, -0.2) is 23.1 Å². The van der Waals surface area contributed by atoms with E-state index in [0.29, 0.717) is 6.61 Å². The molecule has 3 aromatic rings. The third-order valence-electron chi connectivity index (χ3n) is 4.29. The topological polar surface area (TPSA) is 47.0 Å². The van der Waals surface area contributed by atoms with Gasteiger partial charge in [0.15, 0.2) is 0 Å². The van der Waals surface area contributed by atoms with Crippen molar-refractivity contribution >= 4 is 0 Å². The smallest absolute Gasteiger partial charge is 0.125 e. The van der Waals surface area contributed by atoms with Crippen LogP contribution in [0.5, 0.6) is 5.75 Å². The monoisotopic (exact) mass is 347 g/mol. The minimum Gasteiger partial charge on any atom is -0.493 e. The van der Waals surface area contributed by atoms with Crippen LogP contribution in [-0.2, 0) is 0 Å². The van der Waals surface area contributed by atoms with Crippen molar-refractivity contribution in [3.05, 3.63) is 89.5 Å². The van der Waals surface area contributed by atoms with E-state index in [9.17, 15) is 0 Å². The van der Waals surface area contributed by atoms with Crippen molar-refractivity contribution in [3.8, 4) is 5.75 Å². The van der Waals surface area contributed by atoms with Gasteiger partial charge in [0.05, 0.1) is 24.0 Å². The van der Waals surface area contributed by atoms with Crippen LogP contribution in [0, 0.1) is 13.8 Å². The molecule has 2 aromatic heterocycles. The van der Waals surface area contributed by atoms with E-state index in [1.807, 2.05) is 48.8 Å². The molecule has 0 bridgehead atoms. The standard InChI is InChI=1S/C22H25N3O/c1-17-9-7-10-18(2)22(17)26-16-8-15-25-21(19-11-3-5-13-23-19)20-12-4-6-14-24-20/h3-7,9-14,21,25H,8,15-16H2,1-2H3. The second kappa shape index (κ2) is 9.11. The van der Waals surface area contributed by atoms with E-state index in [1.54, 1.807) is 0 Å². The number of nitrogens with zero attached hydrogens (tertiary/aromatic N) is 2. The van der Waals surface area contributed by atoms with Gasteiger partial charge in [-0.25, -0.2) is 0 Å². The first-order valence-corrected chi connectivity index (χ1v) is 9.00. The number of pyridine rings is 2. The van der Waals surface area contributed by atoms with Crippen molar-refractivity contribution in [1.82, 2.24) is 15.3 Å². The molecule has 2 heterocycles. The normalized spacial score (nSPS) is 10.9. The van der Waals surface area contributed by atoms with Gasteiger partial charge >= 0.3 is 0 Å². The van der Waals surface area contributed by atoms with Gasteiger partial charge in [0, 0.05) is 12.4 Å². The summed E-state index contributed by atoms with van der Waals surface area (Å²) < 4.78 is 5.99. The fraction of sp³-hybridized carbons (Fsp3) is 0.273. The Morgan fingerprint density at radius 1 is 0.846 bits per heavy atom. The van der Waals surface area contributed by atoms with Gasteiger partial charge in [-0.15, -0.1) is 0 Å². The molecule has 0 radical (unpaired) electrons. The minimum absolute atomic E-state index is 0.0161. The number of rotatable bonds is 8. The summed E-state index contributed by atoms with van der Waals surface area (Å²) in [5, 5.41) is 3.56. The molecular weight excluding hydrogens is 322 g/mol. The van der Waals surface area contributed by atoms with Gasteiger partial charge in [-0.2, -0.15) is 0 Å². The lowest BCUT2D eigenvalue weighted by Crippen LogP contribution is -2.26. The Balaban J connectivity index is 1.57. The van der Waals surface area contributed by atoms with Crippen molar-refractivity contribution in [2.75, 3.05) is 13.2 Å². The molecule has 3 rings (SSSR count). The van der Waals surface area contributed by atoms with Crippen LogP contribution in [0.25, 0.3) is 0 Å². The lowest BCUT2D eigenvalue weighted by atomic mass is 10.1. The Bertz CT molecular complexity index is 746. The van der Waals surface area contributed by atoms with Crippen molar-refractivity contribution in [2.24, 2.45) is 0 Å². The summed E-state index contributed by atoms with van der Waals surface area (Å²) in [7, 11) is 0. The van der Waals surface area contributed by atoms with Crippen LogP contribution < -0.4 is 10.1 Å². The maximum Gasteiger partial charge on any atom is 0.125 e. The lowest BCUT2D eigenvalue weighted by Gasteiger charge is -2.18. The average molecular weight is 347 g/mol. The maximum absolute atomic E-state index is 5.99. The van der Waals surface area contributed by atoms with E-state index >= 15 is 0 Å². The third-order valence-corrected chi connectivity index (χ3v) is 4.29. The quantitative estimate of drug-likeness (QED) is 0.619. The molecule has 0 fully saturated rings. The molecule has 0 aliphatic heterocycles. The minimum atomic E-state index is -0.0161. The van der Waals surface area contributed by atoms with E-state index in [4.69, 9.17) is 4.74 Å². The molecule has 0 aliphatic rings. The summed E-state index contributed by atoms with van der Waals surface area (Å²) >= 11 is 0. The SMILES string of the molecule is Cc1cccc(C)c1OCCCNC(c1ccccn1)c1ccccn1. The summed E-state index contributed by atoms with van der Waals surface area (Å²) in [5.74, 6) is 0.999. The highest BCUT2D eigenvalue weighted by atomic mass is 16.5. The molecule has 0 saturated heterocycles. The first-order valence-electron chi connectivity index (χ1n) is 9.00. The zero-order valence-corrected chi connectivity index (χ0v) is 15.4. The first kappa shape index (κ1) is 18.1. The summed E-state index contributed by atoms with van der Waals surface area (Å²) in [5.41, 5.74) is 4.30. The van der Waals surface area contributed by atoms with Gasteiger partial charge in [-0.05, 0) is 62.2 Å². The number of hydrogen-bond acceptors (Lipinski definition) is 4. The van der Waals surface area contributed by atoms with Gasteiger partial charge in [0.25, 0.3) is 0 Å². The molecule has 1 N–H and O–H groups in total. The Hall–Kier alpha value is -2.72. The van der Waals surface area contributed by atoms with Crippen molar-refractivity contribution in [3.63, 3.8) is 0 Å². The second-order valence-electron chi connectivity index (χ2n) is 6.32. The van der Waals surface area contributed by atoms with Gasteiger partial charge < -0.3 is 10.1 Å². The van der Waals surface area contributed by atoms with Crippen molar-refractivity contribution in [2.45, 2.75) is 26.3 Å². The highest BCUT2D eigenvalue weighted by Crippen LogP contribution is 2.22. The van der Waals surface area contributed by atoms with E-state index in [-0.39, 0.29) is 6.04 Å². The van der Waals surface area contributed by atoms with Gasteiger partial charge in [0.2, 0.25) is 0 Å². The fourth-order valence-corrected chi connectivity index (χ4v) is 2.97. The highest BCUT2D eigenvalue weighted by molar-refractivity contribution is 5.39. The molecule has 0 amide bonds. The molecule has 0 aliphatic carbocycles. The summed E-state index contributed by atoms with van der Waals surface area (Å²) in [6.07, 6.45) is 4.54. The van der Waals surface area contributed by atoms with Gasteiger partial charge in [-0.3, -0.25) is 9.97 Å². The Morgan fingerprint density at radius 2 is 1.46 bits per heavy atom. The Morgan fingerprint density at radius 3 is 2.00 bits per heavy atom. The molecule has 4 heteroatoms. The van der Waals surface area contributed by atoms with Crippen molar-refractivity contribution in [1.29, 1.82) is 0 Å². The molecule has 4 nitrogen and oxygen atoms in total. The van der Waals surface area contributed by atoms with Crippen molar-refractivity contribution < 1.29 is 4.74 Å². The number of aryl methyl sites for hydroxylation is 2. The van der Waals surface area contributed by atoms with Crippen LogP contribution in [0.1, 0.15) is 35.0 Å². The molecule has 0 saturated carbocycles. The van der Waals surface area contributed by atoms with E-state index in [1.165, 1.54) is 11.1 Å². The molecular formula is C22H25N3O. The fourth-order valence-electron chi connectivity index (χ4n) is 2.97. The Kier molecular flexibility index (Phi) is 6.34. The predicted octanol–water partition coefficient (Wildman–Crippen LogP) is 4.24. The van der Waals surface area contributed by atoms with E-state index in [2.05, 4.69) is 47.3 Å². The van der Waals surface area contributed by atoms with Crippen LogP contribution in [0.3, 0.4) is 0 Å².